The Bertz CT molecular complexity index is 524. The molecule has 0 spiro atoms. The Morgan fingerprint density at radius 2 is 2.15 bits per heavy atom. The Kier molecular flexibility index (Phi) is 4.37. The first-order valence-corrected chi connectivity index (χ1v) is 7.10. The molecule has 1 saturated carbocycles. The molecule has 1 aromatic rings. The van der Waals surface area contributed by atoms with Gasteiger partial charge in [-0.25, -0.2) is 0 Å². The molecule has 1 aliphatic rings. The molecule has 0 heterocycles. The maximum absolute atomic E-state index is 11.8. The van der Waals surface area contributed by atoms with Gasteiger partial charge in [-0.15, -0.1) is 0 Å². The summed E-state index contributed by atoms with van der Waals surface area (Å²) in [5.74, 6) is -0.120. The van der Waals surface area contributed by atoms with Crippen molar-refractivity contribution in [2.45, 2.75) is 45.6 Å². The van der Waals surface area contributed by atoms with E-state index in [1.54, 1.807) is 6.07 Å². The fourth-order valence-electron chi connectivity index (χ4n) is 2.38. The van der Waals surface area contributed by atoms with E-state index >= 15 is 0 Å². The number of anilines is 1. The molecule has 20 heavy (non-hydrogen) atoms. The number of unbranched alkanes of at least 4 members (excludes halogenated alkanes) is 1. The average Bonchev–Trinajstić information content (AvgIpc) is 3.23. The molecule has 0 saturated heterocycles. The highest BCUT2D eigenvalue weighted by Crippen LogP contribution is 2.35. The second-order valence-electron chi connectivity index (χ2n) is 5.29. The molecule has 1 aliphatic carbocycles. The van der Waals surface area contributed by atoms with E-state index < -0.39 is 4.92 Å². The fraction of sp³-hybridized carbons (Fsp3) is 0.533. The summed E-state index contributed by atoms with van der Waals surface area (Å²) in [4.78, 5) is 24.5. The topological polar surface area (TPSA) is 63.4 Å². The summed E-state index contributed by atoms with van der Waals surface area (Å²) in [7, 11) is 0. The molecular formula is C15H20N2O3. The number of carbonyl (C=O) groups excluding carboxylic acids is 1. The van der Waals surface area contributed by atoms with Crippen LogP contribution in [-0.2, 0) is 0 Å². The van der Waals surface area contributed by atoms with Gasteiger partial charge in [0.2, 0.25) is 0 Å². The second kappa shape index (κ2) is 6.03. The number of carbonyl (C=O) groups is 1. The molecule has 0 aliphatic heterocycles. The summed E-state index contributed by atoms with van der Waals surface area (Å²) >= 11 is 0. The molecule has 1 fully saturated rings. The molecule has 108 valence electrons. The lowest BCUT2D eigenvalue weighted by Gasteiger charge is -2.26. The van der Waals surface area contributed by atoms with Crippen LogP contribution in [0.25, 0.3) is 0 Å². The number of ketones is 1. The molecule has 5 nitrogen and oxygen atoms in total. The molecule has 0 bridgehead atoms. The Labute approximate surface area is 118 Å². The Morgan fingerprint density at radius 3 is 2.65 bits per heavy atom. The van der Waals surface area contributed by atoms with Crippen molar-refractivity contribution in [3.8, 4) is 0 Å². The van der Waals surface area contributed by atoms with Gasteiger partial charge in [0.15, 0.2) is 5.78 Å². The van der Waals surface area contributed by atoms with Gasteiger partial charge in [0.1, 0.15) is 0 Å². The lowest BCUT2D eigenvalue weighted by atomic mass is 10.1. The molecule has 5 heteroatoms. The average molecular weight is 276 g/mol. The number of rotatable bonds is 7. The molecule has 0 radical (unpaired) electrons. The Balaban J connectivity index is 2.37. The summed E-state index contributed by atoms with van der Waals surface area (Å²) < 4.78 is 0. The van der Waals surface area contributed by atoms with Gasteiger partial charge >= 0.3 is 0 Å². The summed E-state index contributed by atoms with van der Waals surface area (Å²) in [6.07, 6.45) is 4.42. The number of hydrogen-bond acceptors (Lipinski definition) is 4. The van der Waals surface area contributed by atoms with Crippen molar-refractivity contribution < 1.29 is 9.72 Å². The fourth-order valence-corrected chi connectivity index (χ4v) is 2.38. The molecule has 2 rings (SSSR count). The summed E-state index contributed by atoms with van der Waals surface area (Å²) in [5, 5.41) is 10.9. The molecule has 0 aromatic heterocycles. The van der Waals surface area contributed by atoms with Crippen LogP contribution in [0.15, 0.2) is 18.2 Å². The van der Waals surface area contributed by atoms with E-state index in [0.29, 0.717) is 11.6 Å². The minimum Gasteiger partial charge on any atom is -0.368 e. The first-order valence-electron chi connectivity index (χ1n) is 7.10. The minimum atomic E-state index is -0.455. The zero-order valence-electron chi connectivity index (χ0n) is 12.0. The van der Waals surface area contributed by atoms with E-state index in [1.165, 1.54) is 19.1 Å². The van der Waals surface area contributed by atoms with Crippen LogP contribution in [-0.4, -0.2) is 23.3 Å². The zero-order valence-corrected chi connectivity index (χ0v) is 12.0. The highest BCUT2D eigenvalue weighted by atomic mass is 16.6. The molecule has 1 aromatic carbocycles. The van der Waals surface area contributed by atoms with Gasteiger partial charge in [-0.1, -0.05) is 13.3 Å². The SMILES string of the molecule is CCCCN(c1ccc([N+](=O)[O-])cc1C(C)=O)C1CC1. The van der Waals surface area contributed by atoms with E-state index in [4.69, 9.17) is 0 Å². The van der Waals surface area contributed by atoms with E-state index in [-0.39, 0.29) is 11.5 Å². The summed E-state index contributed by atoms with van der Waals surface area (Å²) in [6.45, 7) is 4.50. The highest BCUT2D eigenvalue weighted by molar-refractivity contribution is 6.00. The number of nitro benzene ring substituents is 1. The zero-order chi connectivity index (χ0) is 14.7. The number of Topliss-reactive ketones (excluding diaryl/α,β-unsaturated/α-hetero) is 1. The second-order valence-corrected chi connectivity index (χ2v) is 5.29. The van der Waals surface area contributed by atoms with Crippen molar-refractivity contribution in [1.82, 2.24) is 0 Å². The van der Waals surface area contributed by atoms with Gasteiger partial charge in [0.25, 0.3) is 5.69 Å². The van der Waals surface area contributed by atoms with Crippen LogP contribution in [0.5, 0.6) is 0 Å². The summed E-state index contributed by atoms with van der Waals surface area (Å²) in [5.41, 5.74) is 1.28. The maximum atomic E-state index is 11.8. The van der Waals surface area contributed by atoms with Crippen molar-refractivity contribution in [3.63, 3.8) is 0 Å². The normalized spacial score (nSPS) is 14.1. The number of hydrogen-bond donors (Lipinski definition) is 0. The lowest BCUT2D eigenvalue weighted by Crippen LogP contribution is -2.28. The minimum absolute atomic E-state index is 0.0230. The van der Waals surface area contributed by atoms with Crippen LogP contribution in [0.3, 0.4) is 0 Å². The van der Waals surface area contributed by atoms with Crippen molar-refractivity contribution in [2.75, 3.05) is 11.4 Å². The first kappa shape index (κ1) is 14.5. The van der Waals surface area contributed by atoms with Crippen molar-refractivity contribution >= 4 is 17.2 Å². The number of nitro groups is 1. The van der Waals surface area contributed by atoms with Crippen LogP contribution in [0.4, 0.5) is 11.4 Å². The van der Waals surface area contributed by atoms with Gasteiger partial charge in [-0.2, -0.15) is 0 Å². The van der Waals surface area contributed by atoms with Gasteiger partial charge in [-0.05, 0) is 32.3 Å². The van der Waals surface area contributed by atoms with Gasteiger partial charge in [0.05, 0.1) is 4.92 Å². The standard InChI is InChI=1S/C15H20N2O3/c1-3-4-9-16(12-5-6-12)15-8-7-13(17(19)20)10-14(15)11(2)18/h7-8,10,12H,3-6,9H2,1-2H3. The highest BCUT2D eigenvalue weighted by Gasteiger charge is 2.31. The molecular weight excluding hydrogens is 256 g/mol. The van der Waals surface area contributed by atoms with Crippen LogP contribution in [0, 0.1) is 10.1 Å². The predicted octanol–water partition coefficient (Wildman–Crippen LogP) is 3.57. The largest absolute Gasteiger partial charge is 0.368 e. The van der Waals surface area contributed by atoms with Crippen molar-refractivity contribution in [1.29, 1.82) is 0 Å². The van der Waals surface area contributed by atoms with Crippen LogP contribution in [0.2, 0.25) is 0 Å². The third kappa shape index (κ3) is 3.15. The smallest absolute Gasteiger partial charge is 0.270 e. The van der Waals surface area contributed by atoms with Gasteiger partial charge in [-0.3, -0.25) is 14.9 Å². The van der Waals surface area contributed by atoms with Crippen molar-refractivity contribution in [3.05, 3.63) is 33.9 Å². The quantitative estimate of drug-likeness (QED) is 0.434. The van der Waals surface area contributed by atoms with Crippen LogP contribution in [0.1, 0.15) is 49.9 Å². The molecule has 0 amide bonds. The monoisotopic (exact) mass is 276 g/mol. The third-order valence-corrected chi connectivity index (χ3v) is 3.62. The van der Waals surface area contributed by atoms with E-state index in [9.17, 15) is 14.9 Å². The number of non-ortho nitro benzene ring substituents is 1. The Morgan fingerprint density at radius 1 is 1.45 bits per heavy atom. The number of benzene rings is 1. The molecule has 0 unspecified atom stereocenters. The van der Waals surface area contributed by atoms with Crippen LogP contribution >= 0.6 is 0 Å². The van der Waals surface area contributed by atoms with Gasteiger partial charge < -0.3 is 4.90 Å². The predicted molar refractivity (Wildman–Crippen MR) is 78.4 cm³/mol. The van der Waals surface area contributed by atoms with Crippen LogP contribution < -0.4 is 4.90 Å². The summed E-state index contributed by atoms with van der Waals surface area (Å²) in [6, 6.07) is 5.10. The first-order chi connectivity index (χ1) is 9.54. The molecule has 0 N–H and O–H groups in total. The third-order valence-electron chi connectivity index (χ3n) is 3.62. The maximum Gasteiger partial charge on any atom is 0.270 e. The van der Waals surface area contributed by atoms with E-state index in [1.807, 2.05) is 0 Å². The number of nitrogens with zero attached hydrogens (tertiary/aromatic N) is 2. The van der Waals surface area contributed by atoms with Crippen molar-refractivity contribution in [2.24, 2.45) is 0 Å². The van der Waals surface area contributed by atoms with E-state index in [0.717, 1.165) is 37.9 Å². The Hall–Kier alpha value is -1.91. The van der Waals surface area contributed by atoms with Gasteiger partial charge in [0, 0.05) is 36.0 Å². The molecule has 0 atom stereocenters. The lowest BCUT2D eigenvalue weighted by molar-refractivity contribution is -0.384. The van der Waals surface area contributed by atoms with E-state index in [2.05, 4.69) is 11.8 Å².